The number of hydrogen-bond donors (Lipinski definition) is 3. The van der Waals surface area contributed by atoms with E-state index in [1.807, 2.05) is 0 Å². The zero-order valence-electron chi connectivity index (χ0n) is 11.5. The van der Waals surface area contributed by atoms with Crippen LogP contribution in [0.3, 0.4) is 0 Å². The maximum absolute atomic E-state index is 11.2. The summed E-state index contributed by atoms with van der Waals surface area (Å²) < 4.78 is 22.6. The fraction of sp³-hybridized carbons (Fsp3) is 0.455. The number of hydrogen-bond acceptors (Lipinski definition) is 6. The van der Waals surface area contributed by atoms with Crippen molar-refractivity contribution in [1.82, 2.24) is 0 Å². The second-order valence-electron chi connectivity index (χ2n) is 4.66. The summed E-state index contributed by atoms with van der Waals surface area (Å²) in [5.41, 5.74) is 5.39. The van der Waals surface area contributed by atoms with Gasteiger partial charge < -0.3 is 37.6 Å². The van der Waals surface area contributed by atoms with Crippen LogP contribution in [0.15, 0.2) is 24.5 Å². The molecular formula is C11H14Cl3N2O6P. The number of aliphatic hydroxyl groups is 2. The van der Waals surface area contributed by atoms with Gasteiger partial charge >= 0.3 is 6.07 Å². The van der Waals surface area contributed by atoms with Crippen molar-refractivity contribution in [2.75, 3.05) is 6.61 Å². The molecule has 0 aliphatic carbocycles. The number of aliphatic hydroxyl groups excluding tert-OH is 2. The molecule has 4 N–H and O–H groups in total. The van der Waals surface area contributed by atoms with Crippen molar-refractivity contribution in [1.29, 1.82) is 0 Å². The third-order valence-electron chi connectivity index (χ3n) is 3.13. The fourth-order valence-electron chi connectivity index (χ4n) is 2.07. The lowest BCUT2D eigenvalue weighted by Gasteiger charge is -2.13. The molecule has 0 unspecified atom stereocenters. The molecule has 8 nitrogen and oxygen atoms in total. The number of primary amides is 1. The van der Waals surface area contributed by atoms with E-state index >= 15 is 0 Å². The van der Waals surface area contributed by atoms with Crippen LogP contribution in [0.1, 0.15) is 16.6 Å². The number of amides is 1. The molecule has 4 atom stereocenters. The lowest BCUT2D eigenvalue weighted by Crippen LogP contribution is -3.00. The van der Waals surface area contributed by atoms with E-state index in [2.05, 4.69) is 4.52 Å². The van der Waals surface area contributed by atoms with Crippen LogP contribution in [0.4, 0.5) is 0 Å². The Morgan fingerprint density at radius 2 is 2.09 bits per heavy atom. The highest BCUT2D eigenvalue weighted by Gasteiger charge is 2.48. The van der Waals surface area contributed by atoms with Gasteiger partial charge in [0.15, 0.2) is 18.5 Å². The average Bonchev–Trinajstić information content (AvgIpc) is 2.72. The molecule has 1 fully saturated rings. The van der Waals surface area contributed by atoms with Crippen molar-refractivity contribution < 1.29 is 45.8 Å². The van der Waals surface area contributed by atoms with Crippen LogP contribution in [0.25, 0.3) is 0 Å². The fourth-order valence-corrected chi connectivity index (χ4v) is 2.73. The summed E-state index contributed by atoms with van der Waals surface area (Å²) >= 11 is 10.5. The van der Waals surface area contributed by atoms with Crippen molar-refractivity contribution in [3.05, 3.63) is 30.1 Å². The van der Waals surface area contributed by atoms with Gasteiger partial charge in [-0.2, -0.15) is 4.57 Å². The minimum atomic E-state index is -3.77. The molecule has 1 amide bonds. The maximum Gasteiger partial charge on any atom is 0.380 e. The minimum absolute atomic E-state index is 0. The topological polar surface area (TPSA) is 123 Å². The molecule has 1 aliphatic heterocycles. The van der Waals surface area contributed by atoms with E-state index in [1.54, 1.807) is 0 Å². The molecular weight excluding hydrogens is 393 g/mol. The van der Waals surface area contributed by atoms with Gasteiger partial charge in [-0.1, -0.05) is 0 Å². The van der Waals surface area contributed by atoms with Crippen LogP contribution < -0.4 is 22.7 Å². The van der Waals surface area contributed by atoms with Crippen LogP contribution >= 0.6 is 28.6 Å². The Bertz CT molecular complexity index is 615. The van der Waals surface area contributed by atoms with E-state index in [0.717, 1.165) is 0 Å². The molecule has 0 radical (unpaired) electrons. The lowest BCUT2D eigenvalue weighted by molar-refractivity contribution is -0.765. The lowest BCUT2D eigenvalue weighted by atomic mass is 10.1. The van der Waals surface area contributed by atoms with Crippen LogP contribution in [-0.4, -0.2) is 41.0 Å². The van der Waals surface area contributed by atoms with E-state index in [1.165, 1.54) is 29.1 Å². The van der Waals surface area contributed by atoms with Crippen molar-refractivity contribution in [3.63, 3.8) is 0 Å². The molecule has 0 bridgehead atoms. The summed E-state index contributed by atoms with van der Waals surface area (Å²) in [4.78, 5) is 11.2. The normalized spacial score (nSPS) is 27.5. The second kappa shape index (κ2) is 8.09. The summed E-state index contributed by atoms with van der Waals surface area (Å²) in [7, 11) is 0. The molecule has 0 saturated carbocycles. The number of ether oxygens (including phenoxy) is 1. The van der Waals surface area contributed by atoms with Crippen LogP contribution in [0.5, 0.6) is 0 Å². The first-order valence-corrected chi connectivity index (χ1v) is 9.58. The average molecular weight is 408 g/mol. The van der Waals surface area contributed by atoms with Gasteiger partial charge in [-0.25, -0.2) is 0 Å². The highest BCUT2D eigenvalue weighted by Crippen LogP contribution is 2.57. The van der Waals surface area contributed by atoms with E-state index in [9.17, 15) is 19.6 Å². The van der Waals surface area contributed by atoms with E-state index < -0.39 is 36.5 Å². The van der Waals surface area contributed by atoms with Gasteiger partial charge in [-0.3, -0.25) is 9.36 Å². The summed E-state index contributed by atoms with van der Waals surface area (Å²) in [6.45, 7) is -0.366. The minimum Gasteiger partial charge on any atom is -1.00 e. The number of carbonyl (C=O) groups is 1. The first-order chi connectivity index (χ1) is 10.2. The number of nitrogens with two attached hydrogens (primary N) is 1. The monoisotopic (exact) mass is 406 g/mol. The summed E-state index contributed by atoms with van der Waals surface area (Å²) in [5.74, 6) is -0.646. The SMILES string of the molecule is NC(=O)c1ccc[n+]([C@@H]2O[C@H](COP(=O)(Cl)Cl)[C@@H](O)[C@H]2O)c1.[Cl-]. The predicted octanol–water partition coefficient (Wildman–Crippen LogP) is -2.70. The molecule has 0 spiro atoms. The first-order valence-electron chi connectivity index (χ1n) is 6.15. The smallest absolute Gasteiger partial charge is 0.380 e. The zero-order chi connectivity index (χ0) is 16.5. The quantitative estimate of drug-likeness (QED) is 0.361. The Morgan fingerprint density at radius 1 is 1.43 bits per heavy atom. The van der Waals surface area contributed by atoms with Crippen molar-refractivity contribution >= 4 is 34.5 Å². The van der Waals surface area contributed by atoms with Gasteiger partial charge in [0.2, 0.25) is 0 Å². The summed E-state index contributed by atoms with van der Waals surface area (Å²) in [6, 6.07) is 3.03. The Morgan fingerprint density at radius 3 is 2.65 bits per heavy atom. The predicted molar refractivity (Wildman–Crippen MR) is 76.3 cm³/mol. The Kier molecular flexibility index (Phi) is 7.25. The number of rotatable bonds is 5. The number of carbonyl (C=O) groups excluding carboxylic acids is 1. The Hall–Kier alpha value is -0.440. The van der Waals surface area contributed by atoms with Crippen LogP contribution in [-0.2, 0) is 13.8 Å². The van der Waals surface area contributed by atoms with Gasteiger partial charge in [0.25, 0.3) is 12.1 Å². The van der Waals surface area contributed by atoms with Crippen molar-refractivity contribution in [3.8, 4) is 0 Å². The molecule has 2 rings (SSSR count). The van der Waals surface area contributed by atoms with Crippen molar-refractivity contribution in [2.45, 2.75) is 24.5 Å². The highest BCUT2D eigenvalue weighted by atomic mass is 35.9. The molecule has 130 valence electrons. The maximum atomic E-state index is 11.2. The number of nitrogens with zero attached hydrogens (tertiary/aromatic N) is 1. The van der Waals surface area contributed by atoms with Crippen LogP contribution in [0.2, 0.25) is 0 Å². The second-order valence-corrected chi connectivity index (χ2v) is 8.94. The van der Waals surface area contributed by atoms with E-state index in [0.29, 0.717) is 0 Å². The largest absolute Gasteiger partial charge is 1.00 e. The zero-order valence-corrected chi connectivity index (χ0v) is 14.6. The summed E-state index contributed by atoms with van der Waals surface area (Å²) in [6.07, 6.45) is -5.44. The number of halogens is 3. The molecule has 0 aromatic carbocycles. The summed E-state index contributed by atoms with van der Waals surface area (Å²) in [5, 5.41) is 20.0. The van der Waals surface area contributed by atoms with Gasteiger partial charge in [-0.05, 0) is 28.5 Å². The van der Waals surface area contributed by atoms with Gasteiger partial charge in [-0.15, -0.1) is 0 Å². The van der Waals surface area contributed by atoms with Gasteiger partial charge in [0.05, 0.1) is 6.61 Å². The van der Waals surface area contributed by atoms with Crippen LogP contribution in [0, 0.1) is 0 Å². The molecule has 2 heterocycles. The molecule has 12 heteroatoms. The molecule has 1 aliphatic rings. The number of pyridine rings is 1. The Labute approximate surface area is 147 Å². The Balaban J connectivity index is 0.00000264. The third-order valence-corrected chi connectivity index (χ3v) is 4.16. The first kappa shape index (κ1) is 20.6. The van der Waals surface area contributed by atoms with E-state index in [4.69, 9.17) is 33.0 Å². The molecule has 23 heavy (non-hydrogen) atoms. The third kappa shape index (κ3) is 5.27. The van der Waals surface area contributed by atoms with Gasteiger partial charge in [0.1, 0.15) is 17.8 Å². The standard InChI is InChI=1S/C11H13Cl2N2O6P.ClH/c12-22(13,19)20-5-7-8(16)9(17)11(21-7)15-3-1-2-6(4-15)10(14)18;/h1-4,7-9,11,16-17H,5H2,(H-,14,18);1H/t7-,8-,9-,11-;/m1./s1. The molecule has 1 aromatic heterocycles. The van der Waals surface area contributed by atoms with Crippen molar-refractivity contribution in [2.24, 2.45) is 5.73 Å². The molecule has 1 saturated heterocycles. The molecule has 1 aromatic rings. The highest BCUT2D eigenvalue weighted by molar-refractivity contribution is 8.05. The van der Waals surface area contributed by atoms with E-state index in [-0.39, 0.29) is 24.6 Å². The van der Waals surface area contributed by atoms with Gasteiger partial charge in [0, 0.05) is 6.07 Å². The number of aromatic nitrogens is 1.